The molecule has 1 fully saturated rings. The maximum Gasteiger partial charge on any atom is 0.307 e. The Balaban J connectivity index is 1.92. The summed E-state index contributed by atoms with van der Waals surface area (Å²) in [5.74, 6) is -0.773. The maximum atomic E-state index is 12.0. The van der Waals surface area contributed by atoms with Gasteiger partial charge in [0.15, 0.2) is 0 Å². The predicted octanol–water partition coefficient (Wildman–Crippen LogP) is 1.20. The fraction of sp³-hybridized carbons (Fsp3) is 0.429. The summed E-state index contributed by atoms with van der Waals surface area (Å²) in [5, 5.41) is 11.5. The minimum absolute atomic E-state index is 0.00163. The highest BCUT2D eigenvalue weighted by atomic mass is 16.4. The van der Waals surface area contributed by atoms with Crippen molar-refractivity contribution in [2.45, 2.75) is 12.8 Å². The molecular weight excluding hydrogens is 244 g/mol. The van der Waals surface area contributed by atoms with Crippen LogP contribution in [0.3, 0.4) is 0 Å². The molecule has 2 N–H and O–H groups in total. The summed E-state index contributed by atoms with van der Waals surface area (Å²) in [5.41, 5.74) is 1.44. The summed E-state index contributed by atoms with van der Waals surface area (Å²) < 4.78 is 0. The number of anilines is 1. The zero-order valence-electron chi connectivity index (χ0n) is 10.9. The van der Waals surface area contributed by atoms with Gasteiger partial charge in [-0.25, -0.2) is 0 Å². The summed E-state index contributed by atoms with van der Waals surface area (Å²) in [6.45, 7) is 1.75. The molecule has 0 aromatic heterocycles. The Morgan fingerprint density at radius 1 is 1.37 bits per heavy atom. The van der Waals surface area contributed by atoms with Crippen LogP contribution in [-0.2, 0) is 16.0 Å². The molecule has 5 heteroatoms. The highest BCUT2D eigenvalue weighted by molar-refractivity contribution is 5.92. The third-order valence-electron chi connectivity index (χ3n) is 3.34. The molecule has 0 spiro atoms. The van der Waals surface area contributed by atoms with E-state index in [1.807, 2.05) is 7.05 Å². The van der Waals surface area contributed by atoms with Crippen LogP contribution in [0.1, 0.15) is 12.0 Å². The summed E-state index contributed by atoms with van der Waals surface area (Å²) in [4.78, 5) is 24.7. The second-order valence-electron chi connectivity index (χ2n) is 5.00. The van der Waals surface area contributed by atoms with E-state index in [2.05, 4.69) is 10.2 Å². The first-order valence-electron chi connectivity index (χ1n) is 6.35. The Labute approximate surface area is 112 Å². The van der Waals surface area contributed by atoms with Gasteiger partial charge in [0.25, 0.3) is 0 Å². The van der Waals surface area contributed by atoms with E-state index in [-0.39, 0.29) is 18.2 Å². The number of rotatable bonds is 4. The van der Waals surface area contributed by atoms with Crippen molar-refractivity contribution < 1.29 is 14.7 Å². The highest BCUT2D eigenvalue weighted by Gasteiger charge is 2.25. The zero-order valence-corrected chi connectivity index (χ0v) is 10.9. The Hall–Kier alpha value is -1.88. The number of nitrogens with one attached hydrogen (secondary N) is 1. The molecule has 0 aliphatic carbocycles. The van der Waals surface area contributed by atoms with Gasteiger partial charge in [-0.15, -0.1) is 0 Å². The molecule has 19 heavy (non-hydrogen) atoms. The van der Waals surface area contributed by atoms with E-state index in [0.29, 0.717) is 5.69 Å². The summed E-state index contributed by atoms with van der Waals surface area (Å²) in [7, 11) is 2.01. The monoisotopic (exact) mass is 262 g/mol. The summed E-state index contributed by atoms with van der Waals surface area (Å²) in [6.07, 6.45) is 0.890. The lowest BCUT2D eigenvalue weighted by molar-refractivity contribution is -0.136. The van der Waals surface area contributed by atoms with E-state index in [4.69, 9.17) is 5.11 Å². The fourth-order valence-corrected chi connectivity index (χ4v) is 2.27. The molecule has 0 saturated carbocycles. The normalized spacial score (nSPS) is 19.3. The van der Waals surface area contributed by atoms with Crippen molar-refractivity contribution in [3.8, 4) is 0 Å². The van der Waals surface area contributed by atoms with Gasteiger partial charge < -0.3 is 15.3 Å². The largest absolute Gasteiger partial charge is 0.481 e. The molecule has 0 radical (unpaired) electrons. The van der Waals surface area contributed by atoms with Crippen molar-refractivity contribution in [2.75, 3.05) is 25.5 Å². The van der Waals surface area contributed by atoms with Crippen LogP contribution in [-0.4, -0.2) is 42.0 Å². The van der Waals surface area contributed by atoms with Crippen LogP contribution in [0.5, 0.6) is 0 Å². The van der Waals surface area contributed by atoms with Crippen LogP contribution in [0, 0.1) is 5.92 Å². The molecule has 0 bridgehead atoms. The number of hydrogen-bond donors (Lipinski definition) is 2. The van der Waals surface area contributed by atoms with E-state index >= 15 is 0 Å². The number of aliphatic carboxylic acids is 1. The Bertz CT molecular complexity index is 470. The van der Waals surface area contributed by atoms with Crippen LogP contribution < -0.4 is 5.32 Å². The standard InChI is InChI=1S/C14H18N2O3/c1-16-7-6-11(9-16)14(19)15-12-4-2-10(3-5-12)8-13(17)18/h2-5,11H,6-9H2,1H3,(H,15,19)(H,17,18). The molecule has 1 unspecified atom stereocenters. The molecule has 1 heterocycles. The Morgan fingerprint density at radius 2 is 2.05 bits per heavy atom. The van der Waals surface area contributed by atoms with Crippen molar-refractivity contribution in [1.29, 1.82) is 0 Å². The van der Waals surface area contributed by atoms with Crippen LogP contribution >= 0.6 is 0 Å². The number of carboxylic acid groups (broad SMARTS) is 1. The average Bonchev–Trinajstić information content (AvgIpc) is 2.78. The van der Waals surface area contributed by atoms with E-state index in [9.17, 15) is 9.59 Å². The van der Waals surface area contributed by atoms with Gasteiger partial charge in [0.2, 0.25) is 5.91 Å². The number of amides is 1. The summed E-state index contributed by atoms with van der Waals surface area (Å²) in [6, 6.07) is 6.94. The van der Waals surface area contributed by atoms with Gasteiger partial charge in [0.05, 0.1) is 12.3 Å². The van der Waals surface area contributed by atoms with Crippen LogP contribution in [0.2, 0.25) is 0 Å². The van der Waals surface area contributed by atoms with Gasteiger partial charge >= 0.3 is 5.97 Å². The molecule has 2 rings (SSSR count). The zero-order chi connectivity index (χ0) is 13.8. The van der Waals surface area contributed by atoms with Crippen molar-refractivity contribution in [3.05, 3.63) is 29.8 Å². The van der Waals surface area contributed by atoms with Gasteiger partial charge in [0, 0.05) is 12.2 Å². The minimum atomic E-state index is -0.856. The fourth-order valence-electron chi connectivity index (χ4n) is 2.27. The van der Waals surface area contributed by atoms with E-state index in [0.717, 1.165) is 25.1 Å². The number of likely N-dealkylation sites (tertiary alicyclic amines) is 1. The van der Waals surface area contributed by atoms with Crippen molar-refractivity contribution in [3.63, 3.8) is 0 Å². The van der Waals surface area contributed by atoms with Gasteiger partial charge in [-0.1, -0.05) is 12.1 Å². The number of carbonyl (C=O) groups excluding carboxylic acids is 1. The summed E-state index contributed by atoms with van der Waals surface area (Å²) >= 11 is 0. The molecule has 1 aromatic carbocycles. The van der Waals surface area contributed by atoms with E-state index < -0.39 is 5.97 Å². The third kappa shape index (κ3) is 3.79. The maximum absolute atomic E-state index is 12.0. The van der Waals surface area contributed by atoms with Gasteiger partial charge in [-0.2, -0.15) is 0 Å². The molecule has 5 nitrogen and oxygen atoms in total. The molecule has 1 atom stereocenters. The van der Waals surface area contributed by atoms with Gasteiger partial charge in [-0.05, 0) is 37.7 Å². The molecule has 1 aliphatic rings. The molecule has 102 valence electrons. The first-order valence-corrected chi connectivity index (χ1v) is 6.35. The van der Waals surface area contributed by atoms with Crippen molar-refractivity contribution in [1.82, 2.24) is 4.90 Å². The number of benzene rings is 1. The lowest BCUT2D eigenvalue weighted by Crippen LogP contribution is -2.25. The number of carboxylic acids is 1. The molecular formula is C14H18N2O3. The second kappa shape index (κ2) is 5.84. The third-order valence-corrected chi connectivity index (χ3v) is 3.34. The number of carbonyl (C=O) groups is 2. The number of nitrogens with zero attached hydrogens (tertiary/aromatic N) is 1. The first-order chi connectivity index (χ1) is 9.04. The quantitative estimate of drug-likeness (QED) is 0.855. The van der Waals surface area contributed by atoms with Gasteiger partial charge in [-0.3, -0.25) is 9.59 Å². The smallest absolute Gasteiger partial charge is 0.307 e. The van der Waals surface area contributed by atoms with Gasteiger partial charge in [0.1, 0.15) is 0 Å². The lowest BCUT2D eigenvalue weighted by atomic mass is 10.1. The average molecular weight is 262 g/mol. The van der Waals surface area contributed by atoms with E-state index in [1.54, 1.807) is 24.3 Å². The first kappa shape index (κ1) is 13.5. The topological polar surface area (TPSA) is 69.6 Å². The van der Waals surface area contributed by atoms with Crippen molar-refractivity contribution in [2.24, 2.45) is 5.92 Å². The molecule has 1 amide bonds. The minimum Gasteiger partial charge on any atom is -0.481 e. The molecule has 1 aromatic rings. The SMILES string of the molecule is CN1CCC(C(=O)Nc2ccc(CC(=O)O)cc2)C1. The number of hydrogen-bond acceptors (Lipinski definition) is 3. The highest BCUT2D eigenvalue weighted by Crippen LogP contribution is 2.17. The molecule has 1 saturated heterocycles. The van der Waals surface area contributed by atoms with E-state index in [1.165, 1.54) is 0 Å². The van der Waals surface area contributed by atoms with Crippen LogP contribution in [0.15, 0.2) is 24.3 Å². The predicted molar refractivity (Wildman–Crippen MR) is 72.0 cm³/mol. The van der Waals surface area contributed by atoms with Crippen LogP contribution in [0.4, 0.5) is 5.69 Å². The van der Waals surface area contributed by atoms with Crippen LogP contribution in [0.25, 0.3) is 0 Å². The lowest BCUT2D eigenvalue weighted by Gasteiger charge is -2.11. The molecule has 1 aliphatic heterocycles. The Kier molecular flexibility index (Phi) is 4.16. The second-order valence-corrected chi connectivity index (χ2v) is 5.00. The Morgan fingerprint density at radius 3 is 2.58 bits per heavy atom. The van der Waals surface area contributed by atoms with Crippen molar-refractivity contribution >= 4 is 17.6 Å².